The van der Waals surface area contributed by atoms with Gasteiger partial charge in [-0.05, 0) is 24.3 Å². The second-order valence-corrected chi connectivity index (χ2v) is 7.50. The third kappa shape index (κ3) is 5.78. The van der Waals surface area contributed by atoms with Gasteiger partial charge in [0.2, 0.25) is 0 Å². The van der Waals surface area contributed by atoms with E-state index in [1.54, 1.807) is 16.2 Å². The van der Waals surface area contributed by atoms with E-state index in [-0.39, 0.29) is 23.2 Å². The van der Waals surface area contributed by atoms with E-state index in [4.69, 9.17) is 9.90 Å². The van der Waals surface area contributed by atoms with Gasteiger partial charge in [0.15, 0.2) is 0 Å². The van der Waals surface area contributed by atoms with Crippen molar-refractivity contribution in [3.63, 3.8) is 0 Å². The lowest BCUT2D eigenvalue weighted by atomic mass is 10.0. The van der Waals surface area contributed by atoms with Crippen molar-refractivity contribution < 1.29 is 27.9 Å². The highest BCUT2D eigenvalue weighted by molar-refractivity contribution is 7.08. The van der Waals surface area contributed by atoms with E-state index in [2.05, 4.69) is 20.3 Å². The second-order valence-electron chi connectivity index (χ2n) is 6.72. The molecule has 0 bridgehead atoms. The molecule has 10 nitrogen and oxygen atoms in total. The fourth-order valence-corrected chi connectivity index (χ4v) is 3.60. The quantitative estimate of drug-likeness (QED) is 0.599. The molecule has 3 aromatic rings. The van der Waals surface area contributed by atoms with Crippen LogP contribution in [0.5, 0.6) is 0 Å². The molecule has 1 fully saturated rings. The highest BCUT2D eigenvalue weighted by Crippen LogP contribution is 2.25. The van der Waals surface area contributed by atoms with Gasteiger partial charge in [0.25, 0.3) is 11.5 Å². The number of amides is 1. The summed E-state index contributed by atoms with van der Waals surface area (Å²) < 4.78 is 33.6. The van der Waals surface area contributed by atoms with E-state index >= 15 is 0 Å². The molecule has 0 radical (unpaired) electrons. The number of likely N-dealkylation sites (tertiary alicyclic amines) is 1. The normalized spacial score (nSPS) is 14.5. The number of carbonyl (C=O) groups excluding carboxylic acids is 1. The van der Waals surface area contributed by atoms with Gasteiger partial charge >= 0.3 is 12.1 Å². The van der Waals surface area contributed by atoms with E-state index < -0.39 is 12.1 Å². The van der Waals surface area contributed by atoms with Crippen molar-refractivity contribution in [1.29, 1.82) is 0 Å². The summed E-state index contributed by atoms with van der Waals surface area (Å²) in [5.41, 5.74) is 1.90. The molecule has 1 aliphatic rings. The second kappa shape index (κ2) is 9.72. The number of nitrogens with one attached hydrogen (secondary N) is 1. The maximum absolute atomic E-state index is 12.4. The van der Waals surface area contributed by atoms with Gasteiger partial charge in [0.1, 0.15) is 11.4 Å². The molecule has 0 atom stereocenters. The third-order valence-electron chi connectivity index (χ3n) is 4.59. The number of H-pyrrole nitrogens is 1. The van der Waals surface area contributed by atoms with Crippen molar-refractivity contribution in [2.45, 2.75) is 25.1 Å². The van der Waals surface area contributed by atoms with Crippen LogP contribution in [0.2, 0.25) is 0 Å². The Kier molecular flexibility index (Phi) is 7.02. The Morgan fingerprint density at radius 2 is 1.94 bits per heavy atom. The molecule has 0 aliphatic carbocycles. The molecule has 1 saturated heterocycles. The van der Waals surface area contributed by atoms with Crippen LogP contribution in [0.25, 0.3) is 11.3 Å². The molecule has 1 amide bonds. The van der Waals surface area contributed by atoms with Crippen LogP contribution in [-0.2, 0) is 4.79 Å². The molecule has 1 aliphatic heterocycles. The summed E-state index contributed by atoms with van der Waals surface area (Å²) in [6.45, 7) is 1.25. The van der Waals surface area contributed by atoms with E-state index in [0.29, 0.717) is 13.1 Å². The predicted molar refractivity (Wildman–Crippen MR) is 106 cm³/mol. The van der Waals surface area contributed by atoms with Gasteiger partial charge in [-0.15, -0.1) is 5.10 Å². The molecule has 170 valence electrons. The van der Waals surface area contributed by atoms with Gasteiger partial charge in [-0.25, -0.2) is 14.5 Å². The first kappa shape index (κ1) is 23.1. The zero-order valence-corrected chi connectivity index (χ0v) is 17.1. The van der Waals surface area contributed by atoms with E-state index in [0.717, 1.165) is 30.3 Å². The van der Waals surface area contributed by atoms with Crippen LogP contribution in [0.4, 0.5) is 13.2 Å². The first-order chi connectivity index (χ1) is 15.1. The first-order valence-corrected chi connectivity index (χ1v) is 10.2. The number of aromatic nitrogens is 5. The van der Waals surface area contributed by atoms with Gasteiger partial charge in [-0.3, -0.25) is 9.59 Å². The number of nitrogens with zero attached hydrogens (tertiary/aromatic N) is 5. The maximum Gasteiger partial charge on any atom is 0.490 e. The monoisotopic (exact) mass is 470 g/mol. The number of aliphatic carboxylic acids is 1. The summed E-state index contributed by atoms with van der Waals surface area (Å²) >= 11 is 1.63. The molecular weight excluding hydrogens is 453 g/mol. The van der Waals surface area contributed by atoms with Gasteiger partial charge in [-0.1, -0.05) is 5.21 Å². The van der Waals surface area contributed by atoms with Crippen molar-refractivity contribution in [2.24, 2.45) is 0 Å². The average Bonchev–Trinajstić information content (AvgIpc) is 3.46. The third-order valence-corrected chi connectivity index (χ3v) is 5.27. The van der Waals surface area contributed by atoms with Gasteiger partial charge in [0.05, 0.1) is 18.4 Å². The number of hydrogen-bond donors (Lipinski definition) is 2. The van der Waals surface area contributed by atoms with Crippen molar-refractivity contribution in [3.8, 4) is 11.3 Å². The van der Waals surface area contributed by atoms with Gasteiger partial charge in [-0.2, -0.15) is 24.5 Å². The smallest absolute Gasteiger partial charge is 0.475 e. The largest absolute Gasteiger partial charge is 0.490 e. The molecule has 2 N–H and O–H groups in total. The van der Waals surface area contributed by atoms with Gasteiger partial charge in [0, 0.05) is 30.2 Å². The molecule has 4 heterocycles. The molecule has 14 heteroatoms. The highest BCUT2D eigenvalue weighted by Gasteiger charge is 2.38. The number of aromatic amines is 1. The SMILES string of the molecule is O=C(O)C(F)(F)F.O=C(c1c[nH]c(=O)cn1)N1CCC(n2cc(-c3ccsc3)nn2)CC1. The summed E-state index contributed by atoms with van der Waals surface area (Å²) in [7, 11) is 0. The Morgan fingerprint density at radius 1 is 1.25 bits per heavy atom. The Bertz CT molecular complexity index is 1100. The van der Waals surface area contributed by atoms with Crippen LogP contribution >= 0.6 is 11.3 Å². The molecule has 0 saturated carbocycles. The summed E-state index contributed by atoms with van der Waals surface area (Å²) in [6, 6.07) is 2.25. The Hall–Kier alpha value is -3.55. The topological polar surface area (TPSA) is 134 Å². The summed E-state index contributed by atoms with van der Waals surface area (Å²) in [5, 5.41) is 19.7. The van der Waals surface area contributed by atoms with Crippen LogP contribution in [0, 0.1) is 0 Å². The zero-order valence-electron chi connectivity index (χ0n) is 16.3. The van der Waals surface area contributed by atoms with Crippen molar-refractivity contribution in [1.82, 2.24) is 29.9 Å². The molecule has 0 aromatic carbocycles. The van der Waals surface area contributed by atoms with Crippen LogP contribution in [0.15, 0.2) is 40.2 Å². The molecule has 3 aromatic heterocycles. The minimum absolute atomic E-state index is 0.160. The summed E-state index contributed by atoms with van der Waals surface area (Å²) in [5.74, 6) is -2.92. The van der Waals surface area contributed by atoms with E-state index in [9.17, 15) is 22.8 Å². The van der Waals surface area contributed by atoms with Crippen molar-refractivity contribution in [2.75, 3.05) is 13.1 Å². The Labute approximate surface area is 182 Å². The lowest BCUT2D eigenvalue weighted by Gasteiger charge is -2.31. The van der Waals surface area contributed by atoms with Gasteiger partial charge < -0.3 is 15.0 Å². The molecule has 4 rings (SSSR count). The van der Waals surface area contributed by atoms with Crippen LogP contribution < -0.4 is 5.56 Å². The van der Waals surface area contributed by atoms with Crippen molar-refractivity contribution in [3.05, 3.63) is 51.5 Å². The average molecular weight is 470 g/mol. The number of piperidine rings is 1. The van der Waals surface area contributed by atoms with Crippen LogP contribution in [-0.4, -0.2) is 66.1 Å². The standard InChI is InChI=1S/C16H16N6O2S.C2HF3O2/c23-15-8-17-13(7-18-15)16(24)21-4-1-12(2-5-21)22-9-14(19-20-22)11-3-6-25-10-11;3-2(4,5)1(6)7/h3,6-10,12H,1-2,4-5H2,(H,18,23);(H,6,7). The Morgan fingerprint density at radius 3 is 2.47 bits per heavy atom. The number of thiophene rings is 1. The molecule has 0 unspecified atom stereocenters. The predicted octanol–water partition coefficient (Wildman–Crippen LogP) is 2.20. The van der Waals surface area contributed by atoms with Crippen LogP contribution in [0.1, 0.15) is 29.4 Å². The first-order valence-electron chi connectivity index (χ1n) is 9.23. The maximum atomic E-state index is 12.4. The highest BCUT2D eigenvalue weighted by atomic mass is 32.1. The van der Waals surface area contributed by atoms with Crippen LogP contribution in [0.3, 0.4) is 0 Å². The number of rotatable bonds is 3. The minimum atomic E-state index is -5.08. The zero-order chi connectivity index (χ0) is 23.3. The summed E-state index contributed by atoms with van der Waals surface area (Å²) in [4.78, 5) is 40.5. The number of hydrogen-bond acceptors (Lipinski definition) is 7. The fourth-order valence-electron chi connectivity index (χ4n) is 2.95. The number of carbonyl (C=O) groups is 2. The number of carboxylic acid groups (broad SMARTS) is 1. The molecular formula is C18H17F3N6O4S. The molecule has 0 spiro atoms. The fraction of sp³-hybridized carbons (Fsp3) is 0.333. The van der Waals surface area contributed by atoms with E-state index in [1.165, 1.54) is 6.20 Å². The Balaban J connectivity index is 0.000000360. The minimum Gasteiger partial charge on any atom is -0.475 e. The van der Waals surface area contributed by atoms with E-state index in [1.807, 2.05) is 27.7 Å². The summed E-state index contributed by atoms with van der Waals surface area (Å²) in [6.07, 6.45) is 0.986. The number of carboxylic acids is 1. The molecule has 32 heavy (non-hydrogen) atoms. The number of alkyl halides is 3. The van der Waals surface area contributed by atoms with Crippen molar-refractivity contribution >= 4 is 23.2 Å². The lowest BCUT2D eigenvalue weighted by molar-refractivity contribution is -0.192. The lowest BCUT2D eigenvalue weighted by Crippen LogP contribution is -2.39. The number of halogens is 3.